The summed E-state index contributed by atoms with van der Waals surface area (Å²) in [4.78, 5) is 13.6. The number of nitrogens with zero attached hydrogens (tertiary/aromatic N) is 1. The smallest absolute Gasteiger partial charge is 0.322 e. The summed E-state index contributed by atoms with van der Waals surface area (Å²) in [6.45, 7) is 0.532. The Morgan fingerprint density at radius 3 is 2.62 bits per heavy atom. The lowest BCUT2D eigenvalue weighted by Crippen LogP contribution is -2.42. The highest BCUT2D eigenvalue weighted by atomic mass is 35.5. The first-order valence-corrected chi connectivity index (χ1v) is 6.04. The summed E-state index contributed by atoms with van der Waals surface area (Å²) in [5, 5.41) is 2.97. The third-order valence-electron chi connectivity index (χ3n) is 2.53. The molecule has 2 amide bonds. The number of carbonyl (C=O) groups is 1. The summed E-state index contributed by atoms with van der Waals surface area (Å²) in [6, 6.07) is 9.92. The van der Waals surface area contributed by atoms with E-state index in [1.807, 2.05) is 30.3 Å². The Labute approximate surface area is 100 Å². The van der Waals surface area contributed by atoms with Crippen molar-refractivity contribution in [3.05, 3.63) is 30.3 Å². The number of halogens is 1. The van der Waals surface area contributed by atoms with Crippen LogP contribution in [0.4, 0.5) is 10.5 Å². The van der Waals surface area contributed by atoms with E-state index in [0.717, 1.165) is 18.5 Å². The first-order chi connectivity index (χ1) is 7.81. The van der Waals surface area contributed by atoms with Gasteiger partial charge in [0.1, 0.15) is 0 Å². The van der Waals surface area contributed by atoms with E-state index in [-0.39, 0.29) is 6.03 Å². The Morgan fingerprint density at radius 2 is 2.06 bits per heavy atom. The fourth-order valence-corrected chi connectivity index (χ4v) is 1.69. The van der Waals surface area contributed by atoms with Crippen LogP contribution >= 0.6 is 11.6 Å². The number of benzene rings is 1. The minimum absolute atomic E-state index is 0.0469. The van der Waals surface area contributed by atoms with Crippen molar-refractivity contribution < 1.29 is 4.79 Å². The number of hydrogen-bond donors (Lipinski definition) is 1. The van der Waals surface area contributed by atoms with Crippen LogP contribution in [0.3, 0.4) is 0 Å². The van der Waals surface area contributed by atoms with Crippen molar-refractivity contribution >= 4 is 23.3 Å². The lowest BCUT2D eigenvalue weighted by atomic mass is 10.3. The molecule has 1 aliphatic carbocycles. The molecule has 1 aliphatic rings. The Kier molecular flexibility index (Phi) is 3.67. The molecule has 4 heteroatoms. The van der Waals surface area contributed by atoms with Crippen LogP contribution < -0.4 is 10.2 Å². The van der Waals surface area contributed by atoms with Gasteiger partial charge in [-0.15, -0.1) is 11.6 Å². The molecule has 0 bridgehead atoms. The van der Waals surface area contributed by atoms with Gasteiger partial charge in [-0.2, -0.15) is 0 Å². The molecule has 1 fully saturated rings. The summed E-state index contributed by atoms with van der Waals surface area (Å²) < 4.78 is 0. The number of carbonyl (C=O) groups excluding carboxylic acids is 1. The lowest BCUT2D eigenvalue weighted by molar-refractivity contribution is 0.246. The molecule has 0 radical (unpaired) electrons. The van der Waals surface area contributed by atoms with Crippen molar-refractivity contribution in [1.29, 1.82) is 0 Å². The van der Waals surface area contributed by atoms with E-state index < -0.39 is 0 Å². The number of anilines is 1. The molecule has 0 aliphatic heterocycles. The molecule has 0 unspecified atom stereocenters. The third-order valence-corrected chi connectivity index (χ3v) is 2.70. The number of hydrogen-bond acceptors (Lipinski definition) is 1. The molecule has 0 saturated heterocycles. The largest absolute Gasteiger partial charge is 0.335 e. The maximum atomic E-state index is 11.9. The van der Waals surface area contributed by atoms with Crippen molar-refractivity contribution in [3.8, 4) is 0 Å². The molecule has 3 nitrogen and oxygen atoms in total. The Morgan fingerprint density at radius 1 is 1.38 bits per heavy atom. The Balaban J connectivity index is 2.06. The molecular formula is C12H15ClN2O. The van der Waals surface area contributed by atoms with Gasteiger partial charge < -0.3 is 5.32 Å². The van der Waals surface area contributed by atoms with Gasteiger partial charge in [-0.1, -0.05) is 18.2 Å². The predicted molar refractivity (Wildman–Crippen MR) is 66.1 cm³/mol. The summed E-state index contributed by atoms with van der Waals surface area (Å²) in [6.07, 6.45) is 2.19. The van der Waals surface area contributed by atoms with Gasteiger partial charge in [-0.25, -0.2) is 4.79 Å². The summed E-state index contributed by atoms with van der Waals surface area (Å²) >= 11 is 5.72. The zero-order valence-corrected chi connectivity index (χ0v) is 9.78. The molecule has 1 aromatic carbocycles. The number of rotatable bonds is 4. The minimum Gasteiger partial charge on any atom is -0.335 e. The molecule has 1 aromatic rings. The van der Waals surface area contributed by atoms with E-state index in [1.165, 1.54) is 0 Å². The summed E-state index contributed by atoms with van der Waals surface area (Å²) in [5.74, 6) is 0.437. The van der Waals surface area contributed by atoms with E-state index in [2.05, 4.69) is 5.32 Å². The zero-order valence-electron chi connectivity index (χ0n) is 9.03. The maximum absolute atomic E-state index is 11.9. The van der Waals surface area contributed by atoms with E-state index >= 15 is 0 Å². The predicted octanol–water partition coefficient (Wildman–Crippen LogP) is 2.60. The van der Waals surface area contributed by atoms with Crippen LogP contribution in [0.1, 0.15) is 12.8 Å². The van der Waals surface area contributed by atoms with Gasteiger partial charge in [0.15, 0.2) is 0 Å². The van der Waals surface area contributed by atoms with E-state index in [1.54, 1.807) is 4.90 Å². The van der Waals surface area contributed by atoms with Gasteiger partial charge in [0, 0.05) is 24.2 Å². The zero-order chi connectivity index (χ0) is 11.4. The van der Waals surface area contributed by atoms with Crippen LogP contribution in [0.2, 0.25) is 0 Å². The normalized spacial score (nSPS) is 14.6. The van der Waals surface area contributed by atoms with Crippen molar-refractivity contribution in [3.63, 3.8) is 0 Å². The van der Waals surface area contributed by atoms with Crippen LogP contribution in [0.25, 0.3) is 0 Å². The average molecular weight is 239 g/mol. The molecule has 0 aromatic heterocycles. The number of nitrogens with one attached hydrogen (secondary N) is 1. The van der Waals surface area contributed by atoms with Crippen LogP contribution in [-0.4, -0.2) is 24.5 Å². The van der Waals surface area contributed by atoms with Crippen LogP contribution in [0, 0.1) is 0 Å². The van der Waals surface area contributed by atoms with Crippen molar-refractivity contribution in [2.24, 2.45) is 0 Å². The van der Waals surface area contributed by atoms with Gasteiger partial charge in [0.05, 0.1) is 0 Å². The second-order valence-electron chi connectivity index (χ2n) is 3.90. The van der Waals surface area contributed by atoms with Crippen molar-refractivity contribution in [1.82, 2.24) is 5.32 Å². The Hall–Kier alpha value is -1.22. The highest BCUT2D eigenvalue weighted by Gasteiger charge is 2.26. The van der Waals surface area contributed by atoms with Crippen LogP contribution in [0.15, 0.2) is 30.3 Å². The molecule has 16 heavy (non-hydrogen) atoms. The standard InChI is InChI=1S/C12H15ClN2O/c13-8-9-15(11-4-2-1-3-5-11)12(16)14-10-6-7-10/h1-5,10H,6-9H2,(H,14,16). The molecule has 0 spiro atoms. The molecule has 1 N–H and O–H groups in total. The number of para-hydroxylation sites is 1. The van der Waals surface area contributed by atoms with Gasteiger partial charge in [0.25, 0.3) is 0 Å². The minimum atomic E-state index is -0.0469. The number of urea groups is 1. The van der Waals surface area contributed by atoms with E-state index in [9.17, 15) is 4.79 Å². The highest BCUT2D eigenvalue weighted by Crippen LogP contribution is 2.20. The quantitative estimate of drug-likeness (QED) is 0.804. The van der Waals surface area contributed by atoms with Crippen LogP contribution in [-0.2, 0) is 0 Å². The van der Waals surface area contributed by atoms with Gasteiger partial charge in [0.2, 0.25) is 0 Å². The molecule has 0 heterocycles. The van der Waals surface area contributed by atoms with Crippen LogP contribution in [0.5, 0.6) is 0 Å². The van der Waals surface area contributed by atoms with Gasteiger partial charge in [-0.05, 0) is 25.0 Å². The fourth-order valence-electron chi connectivity index (χ4n) is 1.52. The van der Waals surface area contributed by atoms with Gasteiger partial charge in [-0.3, -0.25) is 4.90 Å². The topological polar surface area (TPSA) is 32.3 Å². The fraction of sp³-hybridized carbons (Fsp3) is 0.417. The first-order valence-electron chi connectivity index (χ1n) is 5.50. The summed E-state index contributed by atoms with van der Waals surface area (Å²) in [5.41, 5.74) is 0.890. The molecule has 1 saturated carbocycles. The highest BCUT2D eigenvalue weighted by molar-refractivity contribution is 6.18. The summed E-state index contributed by atoms with van der Waals surface area (Å²) in [7, 11) is 0. The molecule has 86 valence electrons. The number of alkyl halides is 1. The maximum Gasteiger partial charge on any atom is 0.322 e. The molecular weight excluding hydrogens is 224 g/mol. The molecule has 2 rings (SSSR count). The first kappa shape index (κ1) is 11.3. The average Bonchev–Trinajstić information content (AvgIpc) is 3.11. The van der Waals surface area contributed by atoms with E-state index in [0.29, 0.717) is 18.5 Å². The third kappa shape index (κ3) is 2.89. The second-order valence-corrected chi connectivity index (χ2v) is 4.28. The van der Waals surface area contributed by atoms with Crippen molar-refractivity contribution in [2.45, 2.75) is 18.9 Å². The Bertz CT molecular complexity index is 351. The number of amides is 2. The van der Waals surface area contributed by atoms with Crippen molar-refractivity contribution in [2.75, 3.05) is 17.3 Å². The van der Waals surface area contributed by atoms with Gasteiger partial charge >= 0.3 is 6.03 Å². The monoisotopic (exact) mass is 238 g/mol. The molecule has 0 atom stereocenters. The SMILES string of the molecule is O=C(NC1CC1)N(CCCl)c1ccccc1. The lowest BCUT2D eigenvalue weighted by Gasteiger charge is -2.22. The second kappa shape index (κ2) is 5.21. The van der Waals surface area contributed by atoms with E-state index in [4.69, 9.17) is 11.6 Å².